The van der Waals surface area contributed by atoms with Crippen LogP contribution in [-0.4, -0.2) is 23.0 Å². The molecule has 0 radical (unpaired) electrons. The number of carbonyl (C=O) groups excluding carboxylic acids is 1. The van der Waals surface area contributed by atoms with E-state index < -0.39 is 5.97 Å². The number of nitrogens with one attached hydrogen (secondary N) is 1. The molecule has 1 heterocycles. The summed E-state index contributed by atoms with van der Waals surface area (Å²) in [6.45, 7) is 8.89. The second-order valence-electron chi connectivity index (χ2n) is 6.82. The van der Waals surface area contributed by atoms with Gasteiger partial charge < -0.3 is 9.72 Å². The van der Waals surface area contributed by atoms with E-state index in [2.05, 4.69) is 47.6 Å². The van der Waals surface area contributed by atoms with Crippen LogP contribution in [0.2, 0.25) is 0 Å². The number of allylic oxidation sites excluding steroid dienone is 5. The van der Waals surface area contributed by atoms with Gasteiger partial charge in [-0.1, -0.05) is 31.6 Å². The van der Waals surface area contributed by atoms with Crippen LogP contribution in [0.15, 0.2) is 35.1 Å². The number of nitrogens with zero attached hydrogens (tertiary/aromatic N) is 1. The standard InChI is InChI=1S/C19H26N2O2/c1-13(11-15-12-20-17(21-15)18(22)23-5)8-9-16-14(2)7-6-10-19(16,3)4/h8-9,11-12H,6-7,10H2,1-5H3,(H,20,21). The van der Waals surface area contributed by atoms with Gasteiger partial charge in [-0.05, 0) is 55.7 Å². The fourth-order valence-electron chi connectivity index (χ4n) is 3.12. The van der Waals surface area contributed by atoms with Gasteiger partial charge in [0.15, 0.2) is 0 Å². The molecular weight excluding hydrogens is 288 g/mol. The van der Waals surface area contributed by atoms with Crippen LogP contribution in [0.4, 0.5) is 0 Å². The first-order valence-electron chi connectivity index (χ1n) is 8.04. The van der Waals surface area contributed by atoms with Crippen molar-refractivity contribution in [1.29, 1.82) is 0 Å². The number of H-pyrrole nitrogens is 1. The molecule has 0 fully saturated rings. The lowest BCUT2D eigenvalue weighted by Gasteiger charge is -2.32. The van der Waals surface area contributed by atoms with Gasteiger partial charge in [0.25, 0.3) is 0 Å². The molecule has 2 rings (SSSR count). The van der Waals surface area contributed by atoms with Crippen molar-refractivity contribution < 1.29 is 9.53 Å². The number of rotatable bonds is 4. The highest BCUT2D eigenvalue weighted by Crippen LogP contribution is 2.40. The number of carbonyl (C=O) groups is 1. The van der Waals surface area contributed by atoms with Crippen molar-refractivity contribution in [3.05, 3.63) is 46.6 Å². The molecule has 0 saturated carbocycles. The molecule has 1 aromatic heterocycles. The molecule has 1 N–H and O–H groups in total. The summed E-state index contributed by atoms with van der Waals surface area (Å²) >= 11 is 0. The van der Waals surface area contributed by atoms with Crippen molar-refractivity contribution >= 4 is 12.0 Å². The number of aromatic nitrogens is 2. The van der Waals surface area contributed by atoms with Crippen molar-refractivity contribution in [3.8, 4) is 0 Å². The summed E-state index contributed by atoms with van der Waals surface area (Å²) in [4.78, 5) is 18.4. The quantitative estimate of drug-likeness (QED) is 0.648. The fourth-order valence-corrected chi connectivity index (χ4v) is 3.12. The topological polar surface area (TPSA) is 55.0 Å². The largest absolute Gasteiger partial charge is 0.463 e. The maximum atomic E-state index is 11.4. The Balaban J connectivity index is 2.16. The van der Waals surface area contributed by atoms with E-state index in [0.29, 0.717) is 0 Å². The van der Waals surface area contributed by atoms with Gasteiger partial charge in [0.2, 0.25) is 5.82 Å². The van der Waals surface area contributed by atoms with Crippen LogP contribution in [0.25, 0.3) is 6.08 Å². The van der Waals surface area contributed by atoms with Crippen LogP contribution in [-0.2, 0) is 4.74 Å². The number of hydrogen-bond acceptors (Lipinski definition) is 3. The van der Waals surface area contributed by atoms with E-state index in [1.165, 1.54) is 37.5 Å². The average molecular weight is 314 g/mol. The van der Waals surface area contributed by atoms with Gasteiger partial charge in [-0.3, -0.25) is 0 Å². The smallest absolute Gasteiger partial charge is 0.374 e. The van der Waals surface area contributed by atoms with E-state index in [0.717, 1.165) is 11.3 Å². The number of methoxy groups -OCH3 is 1. The highest BCUT2D eigenvalue weighted by Gasteiger charge is 2.26. The molecule has 0 aromatic carbocycles. The van der Waals surface area contributed by atoms with Gasteiger partial charge in [-0.25, -0.2) is 9.78 Å². The molecule has 0 aliphatic heterocycles. The van der Waals surface area contributed by atoms with Crippen LogP contribution in [0, 0.1) is 5.41 Å². The Hall–Kier alpha value is -2.10. The Kier molecular flexibility index (Phi) is 5.24. The SMILES string of the molecule is COC(=O)c1nc(C=C(C)C=CC2=C(C)CCCC2(C)C)c[nH]1. The summed E-state index contributed by atoms with van der Waals surface area (Å²) in [5.41, 5.74) is 4.98. The van der Waals surface area contributed by atoms with E-state index in [4.69, 9.17) is 0 Å². The highest BCUT2D eigenvalue weighted by atomic mass is 16.5. The number of hydrogen-bond donors (Lipinski definition) is 1. The Morgan fingerprint density at radius 3 is 2.83 bits per heavy atom. The number of ether oxygens (including phenoxy) is 1. The summed E-state index contributed by atoms with van der Waals surface area (Å²) < 4.78 is 4.64. The second-order valence-corrected chi connectivity index (χ2v) is 6.82. The highest BCUT2D eigenvalue weighted by molar-refractivity contribution is 5.85. The first-order chi connectivity index (χ1) is 10.8. The van der Waals surface area contributed by atoms with Gasteiger partial charge in [-0.15, -0.1) is 0 Å². The van der Waals surface area contributed by atoms with Crippen molar-refractivity contribution in [2.24, 2.45) is 5.41 Å². The summed E-state index contributed by atoms with van der Waals surface area (Å²) in [5, 5.41) is 0. The molecule has 0 spiro atoms. The van der Waals surface area contributed by atoms with E-state index >= 15 is 0 Å². The molecule has 0 atom stereocenters. The lowest BCUT2D eigenvalue weighted by Crippen LogP contribution is -2.19. The second kappa shape index (κ2) is 6.99. The Morgan fingerprint density at radius 1 is 1.43 bits per heavy atom. The van der Waals surface area contributed by atoms with Crippen molar-refractivity contribution in [2.45, 2.75) is 47.0 Å². The molecule has 1 aromatic rings. The van der Waals surface area contributed by atoms with E-state index in [-0.39, 0.29) is 11.2 Å². The fraction of sp³-hybridized carbons (Fsp3) is 0.474. The maximum Gasteiger partial charge on any atom is 0.374 e. The molecule has 124 valence electrons. The first kappa shape index (κ1) is 17.3. The normalized spacial score (nSPS) is 18.6. The molecule has 0 amide bonds. The van der Waals surface area contributed by atoms with Crippen LogP contribution in [0.5, 0.6) is 0 Å². The molecule has 0 unspecified atom stereocenters. The molecule has 1 aliphatic rings. The zero-order valence-corrected chi connectivity index (χ0v) is 14.7. The van der Waals surface area contributed by atoms with Crippen LogP contribution >= 0.6 is 0 Å². The summed E-state index contributed by atoms with van der Waals surface area (Å²) in [6.07, 6.45) is 11.7. The lowest BCUT2D eigenvalue weighted by atomic mass is 9.72. The average Bonchev–Trinajstić information content (AvgIpc) is 2.93. The molecule has 0 bridgehead atoms. The number of esters is 1. The Bertz CT molecular complexity index is 675. The zero-order chi connectivity index (χ0) is 17.0. The number of imidazole rings is 1. The number of aromatic amines is 1. The van der Waals surface area contributed by atoms with Gasteiger partial charge in [-0.2, -0.15) is 0 Å². The van der Waals surface area contributed by atoms with Crippen molar-refractivity contribution in [1.82, 2.24) is 9.97 Å². The molecule has 0 saturated heterocycles. The molecule has 4 heteroatoms. The third kappa shape index (κ3) is 4.21. The van der Waals surface area contributed by atoms with Crippen LogP contribution in [0.1, 0.15) is 63.3 Å². The van der Waals surface area contributed by atoms with Gasteiger partial charge in [0.1, 0.15) is 0 Å². The Morgan fingerprint density at radius 2 is 2.17 bits per heavy atom. The van der Waals surface area contributed by atoms with Crippen LogP contribution in [0.3, 0.4) is 0 Å². The predicted octanol–water partition coefficient (Wildman–Crippen LogP) is 4.68. The minimum atomic E-state index is -0.456. The lowest BCUT2D eigenvalue weighted by molar-refractivity contribution is 0.0588. The molecule has 1 aliphatic carbocycles. The van der Waals surface area contributed by atoms with Crippen molar-refractivity contribution in [3.63, 3.8) is 0 Å². The van der Waals surface area contributed by atoms with E-state index in [9.17, 15) is 4.79 Å². The molecule has 23 heavy (non-hydrogen) atoms. The third-order valence-corrected chi connectivity index (χ3v) is 4.41. The monoisotopic (exact) mass is 314 g/mol. The summed E-state index contributed by atoms with van der Waals surface area (Å²) in [7, 11) is 1.34. The maximum absolute atomic E-state index is 11.4. The first-order valence-corrected chi connectivity index (χ1v) is 8.04. The molecule has 4 nitrogen and oxygen atoms in total. The third-order valence-electron chi connectivity index (χ3n) is 4.41. The Labute approximate surface area is 138 Å². The summed E-state index contributed by atoms with van der Waals surface area (Å²) in [5.74, 6) is -0.231. The zero-order valence-electron chi connectivity index (χ0n) is 14.7. The van der Waals surface area contributed by atoms with Gasteiger partial charge >= 0.3 is 5.97 Å². The van der Waals surface area contributed by atoms with Gasteiger partial charge in [0.05, 0.1) is 12.8 Å². The van der Waals surface area contributed by atoms with Crippen molar-refractivity contribution in [2.75, 3.05) is 7.11 Å². The molecular formula is C19H26N2O2. The summed E-state index contributed by atoms with van der Waals surface area (Å²) in [6, 6.07) is 0. The minimum absolute atomic E-state index is 0.225. The van der Waals surface area contributed by atoms with Crippen LogP contribution < -0.4 is 0 Å². The predicted molar refractivity (Wildman–Crippen MR) is 93.1 cm³/mol. The van der Waals surface area contributed by atoms with Gasteiger partial charge in [0, 0.05) is 6.20 Å². The van der Waals surface area contributed by atoms with E-state index in [1.807, 2.05) is 13.0 Å². The van der Waals surface area contributed by atoms with E-state index in [1.54, 1.807) is 6.20 Å². The minimum Gasteiger partial charge on any atom is -0.463 e.